The van der Waals surface area contributed by atoms with Crippen molar-refractivity contribution in [1.29, 1.82) is 0 Å². The van der Waals surface area contributed by atoms with E-state index in [2.05, 4.69) is 20.6 Å². The highest BCUT2D eigenvalue weighted by Gasteiger charge is 2.29. The summed E-state index contributed by atoms with van der Waals surface area (Å²) in [7, 11) is 0. The number of hydrogen-bond donors (Lipinski definition) is 1. The number of aromatic nitrogens is 3. The first-order chi connectivity index (χ1) is 10.2. The lowest BCUT2D eigenvalue weighted by molar-refractivity contribution is -0.121. The largest absolute Gasteiger partial charge is 0.360 e. The molecule has 2 heterocycles. The number of nitrogens with one attached hydrogen (secondary N) is 1. The van der Waals surface area contributed by atoms with Crippen LogP contribution in [0, 0.1) is 0 Å². The van der Waals surface area contributed by atoms with E-state index in [4.69, 9.17) is 20.6 Å². The van der Waals surface area contributed by atoms with E-state index in [0.29, 0.717) is 48.5 Å². The SMILES string of the molecule is O=C(CCc1cc(Cl)no1)NCCc1noc(C2CC2)n1. The van der Waals surface area contributed by atoms with E-state index < -0.39 is 0 Å². The van der Waals surface area contributed by atoms with E-state index in [1.165, 1.54) is 0 Å². The van der Waals surface area contributed by atoms with Crippen LogP contribution < -0.4 is 5.32 Å². The molecule has 0 aliphatic heterocycles. The first-order valence-electron chi connectivity index (χ1n) is 6.91. The summed E-state index contributed by atoms with van der Waals surface area (Å²) in [4.78, 5) is 16.0. The van der Waals surface area contributed by atoms with Crippen LogP contribution in [-0.4, -0.2) is 27.7 Å². The molecule has 1 N–H and O–H groups in total. The molecular weight excluding hydrogens is 296 g/mol. The van der Waals surface area contributed by atoms with Gasteiger partial charge in [-0.25, -0.2) is 0 Å². The molecule has 21 heavy (non-hydrogen) atoms. The zero-order valence-electron chi connectivity index (χ0n) is 11.3. The highest BCUT2D eigenvalue weighted by Crippen LogP contribution is 2.38. The molecule has 1 amide bonds. The normalized spacial score (nSPS) is 14.3. The van der Waals surface area contributed by atoms with Gasteiger partial charge < -0.3 is 14.4 Å². The first kappa shape index (κ1) is 14.1. The average molecular weight is 311 g/mol. The molecule has 7 nitrogen and oxygen atoms in total. The summed E-state index contributed by atoms with van der Waals surface area (Å²) in [6.07, 6.45) is 3.62. The van der Waals surface area contributed by atoms with E-state index in [1.807, 2.05) is 0 Å². The number of amides is 1. The summed E-state index contributed by atoms with van der Waals surface area (Å²) >= 11 is 5.63. The maximum absolute atomic E-state index is 11.7. The molecule has 1 aliphatic rings. The summed E-state index contributed by atoms with van der Waals surface area (Å²) in [5, 5.41) is 10.6. The minimum absolute atomic E-state index is 0.0616. The molecule has 0 aromatic carbocycles. The average Bonchev–Trinajstić information content (AvgIpc) is 3.07. The Balaban J connectivity index is 1.35. The quantitative estimate of drug-likeness (QED) is 0.839. The van der Waals surface area contributed by atoms with Gasteiger partial charge in [-0.15, -0.1) is 0 Å². The lowest BCUT2D eigenvalue weighted by Gasteiger charge is -2.01. The molecule has 2 aromatic rings. The van der Waals surface area contributed by atoms with E-state index >= 15 is 0 Å². The summed E-state index contributed by atoms with van der Waals surface area (Å²) in [6, 6.07) is 1.60. The number of aryl methyl sites for hydroxylation is 1. The fourth-order valence-electron chi connectivity index (χ4n) is 1.91. The molecule has 1 fully saturated rings. The Kier molecular flexibility index (Phi) is 4.19. The van der Waals surface area contributed by atoms with Gasteiger partial charge in [-0.3, -0.25) is 4.79 Å². The van der Waals surface area contributed by atoms with Crippen molar-refractivity contribution in [2.24, 2.45) is 0 Å². The van der Waals surface area contributed by atoms with Crippen LogP contribution in [0.25, 0.3) is 0 Å². The van der Waals surface area contributed by atoms with E-state index in [9.17, 15) is 4.79 Å². The number of nitrogens with zero attached hydrogens (tertiary/aromatic N) is 3. The van der Waals surface area contributed by atoms with Crippen LogP contribution in [-0.2, 0) is 17.6 Å². The molecule has 0 unspecified atom stereocenters. The van der Waals surface area contributed by atoms with Crippen molar-refractivity contribution in [3.8, 4) is 0 Å². The Morgan fingerprint density at radius 3 is 2.90 bits per heavy atom. The number of halogens is 1. The van der Waals surface area contributed by atoms with Gasteiger partial charge in [0, 0.05) is 37.8 Å². The van der Waals surface area contributed by atoms with Crippen LogP contribution in [0.3, 0.4) is 0 Å². The van der Waals surface area contributed by atoms with Crippen LogP contribution in [0.15, 0.2) is 15.1 Å². The lowest BCUT2D eigenvalue weighted by atomic mass is 10.2. The van der Waals surface area contributed by atoms with E-state index in [-0.39, 0.29) is 5.91 Å². The Bertz CT molecular complexity index is 620. The van der Waals surface area contributed by atoms with Gasteiger partial charge in [0.1, 0.15) is 5.76 Å². The molecule has 0 atom stereocenters. The molecule has 8 heteroatoms. The summed E-state index contributed by atoms with van der Waals surface area (Å²) in [6.45, 7) is 0.486. The molecular formula is C13H15ClN4O3. The minimum atomic E-state index is -0.0616. The first-order valence-corrected chi connectivity index (χ1v) is 7.29. The Morgan fingerprint density at radius 2 is 2.19 bits per heavy atom. The highest BCUT2D eigenvalue weighted by atomic mass is 35.5. The van der Waals surface area contributed by atoms with E-state index in [0.717, 1.165) is 18.7 Å². The van der Waals surface area contributed by atoms with Crippen LogP contribution in [0.1, 0.15) is 42.7 Å². The molecule has 0 saturated heterocycles. The van der Waals surface area contributed by atoms with Crippen molar-refractivity contribution >= 4 is 17.5 Å². The van der Waals surface area contributed by atoms with Crippen molar-refractivity contribution in [3.05, 3.63) is 28.7 Å². The van der Waals surface area contributed by atoms with Gasteiger partial charge in [0.15, 0.2) is 11.0 Å². The third-order valence-electron chi connectivity index (χ3n) is 3.21. The highest BCUT2D eigenvalue weighted by molar-refractivity contribution is 6.29. The number of carbonyl (C=O) groups excluding carboxylic acids is 1. The predicted molar refractivity (Wildman–Crippen MR) is 72.8 cm³/mol. The topological polar surface area (TPSA) is 94.1 Å². The Morgan fingerprint density at radius 1 is 1.33 bits per heavy atom. The summed E-state index contributed by atoms with van der Waals surface area (Å²) < 4.78 is 10.1. The zero-order chi connectivity index (χ0) is 14.7. The molecule has 0 radical (unpaired) electrons. The molecule has 3 rings (SSSR count). The second-order valence-corrected chi connectivity index (χ2v) is 5.43. The molecule has 0 spiro atoms. The van der Waals surface area contributed by atoms with Crippen molar-refractivity contribution in [3.63, 3.8) is 0 Å². The molecule has 112 valence electrons. The molecule has 0 bridgehead atoms. The van der Waals surface area contributed by atoms with Crippen LogP contribution in [0.4, 0.5) is 0 Å². The number of rotatable bonds is 7. The van der Waals surface area contributed by atoms with Gasteiger partial charge in [0.05, 0.1) is 0 Å². The fraction of sp³-hybridized carbons (Fsp3) is 0.538. The number of carbonyl (C=O) groups is 1. The molecule has 1 saturated carbocycles. The van der Waals surface area contributed by atoms with Crippen LogP contribution >= 0.6 is 11.6 Å². The van der Waals surface area contributed by atoms with Crippen LogP contribution in [0.2, 0.25) is 5.15 Å². The van der Waals surface area contributed by atoms with Gasteiger partial charge in [0.2, 0.25) is 11.8 Å². The summed E-state index contributed by atoms with van der Waals surface area (Å²) in [5.41, 5.74) is 0. The third-order valence-corrected chi connectivity index (χ3v) is 3.39. The number of hydrogen-bond acceptors (Lipinski definition) is 6. The summed E-state index contributed by atoms with van der Waals surface area (Å²) in [5.74, 6) is 2.35. The fourth-order valence-corrected chi connectivity index (χ4v) is 2.07. The monoisotopic (exact) mass is 310 g/mol. The molecule has 2 aromatic heterocycles. The predicted octanol–water partition coefficient (Wildman–Crippen LogP) is 1.88. The van der Waals surface area contributed by atoms with Gasteiger partial charge >= 0.3 is 0 Å². The minimum Gasteiger partial charge on any atom is -0.360 e. The maximum atomic E-state index is 11.7. The molecule has 1 aliphatic carbocycles. The van der Waals surface area contributed by atoms with Gasteiger partial charge in [0.25, 0.3) is 0 Å². The Hall–Kier alpha value is -1.89. The van der Waals surface area contributed by atoms with Gasteiger partial charge in [-0.2, -0.15) is 4.98 Å². The smallest absolute Gasteiger partial charge is 0.229 e. The van der Waals surface area contributed by atoms with Crippen molar-refractivity contribution < 1.29 is 13.8 Å². The van der Waals surface area contributed by atoms with Crippen LogP contribution in [0.5, 0.6) is 0 Å². The van der Waals surface area contributed by atoms with Crippen molar-refractivity contribution in [2.45, 2.75) is 38.0 Å². The zero-order valence-corrected chi connectivity index (χ0v) is 12.1. The van der Waals surface area contributed by atoms with Gasteiger partial charge in [-0.05, 0) is 12.8 Å². The van der Waals surface area contributed by atoms with Crippen molar-refractivity contribution in [1.82, 2.24) is 20.6 Å². The second kappa shape index (κ2) is 6.26. The lowest BCUT2D eigenvalue weighted by Crippen LogP contribution is -2.26. The standard InChI is InChI=1S/C13H15ClN4O3/c14-10-7-9(20-17-10)3-4-12(19)15-6-5-11-16-13(21-18-11)8-1-2-8/h7-8H,1-6H2,(H,15,19). The Labute approximate surface area is 126 Å². The van der Waals surface area contributed by atoms with Gasteiger partial charge in [-0.1, -0.05) is 21.9 Å². The third kappa shape index (κ3) is 4.04. The maximum Gasteiger partial charge on any atom is 0.229 e. The second-order valence-electron chi connectivity index (χ2n) is 5.04. The van der Waals surface area contributed by atoms with E-state index in [1.54, 1.807) is 6.07 Å². The van der Waals surface area contributed by atoms with Crippen molar-refractivity contribution in [2.75, 3.05) is 6.54 Å².